The zero-order valence-corrected chi connectivity index (χ0v) is 6.58. The van der Waals surface area contributed by atoms with Crippen LogP contribution in [0.3, 0.4) is 0 Å². The molecule has 1 atom stereocenters. The largest absolute Gasteiger partial charge is 0.381 e. The van der Waals surface area contributed by atoms with Gasteiger partial charge in [-0.15, -0.1) is 0 Å². The zero-order chi connectivity index (χ0) is 7.68. The van der Waals surface area contributed by atoms with Gasteiger partial charge >= 0.3 is 0 Å². The fourth-order valence-electron chi connectivity index (χ4n) is 1.52. The van der Waals surface area contributed by atoms with Crippen LogP contribution in [0.15, 0.2) is 0 Å². The van der Waals surface area contributed by atoms with Crippen molar-refractivity contribution in [2.75, 3.05) is 26.3 Å². The molecule has 0 aromatic rings. The van der Waals surface area contributed by atoms with Crippen LogP contribution < -0.4 is 0 Å². The van der Waals surface area contributed by atoms with E-state index in [1.165, 1.54) is 6.42 Å². The Morgan fingerprint density at radius 3 is 2.73 bits per heavy atom. The van der Waals surface area contributed by atoms with Gasteiger partial charge in [0.15, 0.2) is 0 Å². The van der Waals surface area contributed by atoms with Gasteiger partial charge in [0.25, 0.3) is 0 Å². The smallest absolute Gasteiger partial charge is 0.228 e. The van der Waals surface area contributed by atoms with Crippen molar-refractivity contribution in [3.05, 3.63) is 0 Å². The predicted molar refractivity (Wildman–Crippen MR) is 40.1 cm³/mol. The van der Waals surface area contributed by atoms with E-state index in [1.807, 2.05) is 4.90 Å². The van der Waals surface area contributed by atoms with E-state index in [2.05, 4.69) is 0 Å². The Morgan fingerprint density at radius 1 is 1.45 bits per heavy atom. The summed E-state index contributed by atoms with van der Waals surface area (Å²) < 4.78 is 5.15. The third kappa shape index (κ3) is 1.25. The van der Waals surface area contributed by atoms with E-state index in [4.69, 9.17) is 4.74 Å². The van der Waals surface area contributed by atoms with Crippen LogP contribution in [-0.2, 0) is 9.53 Å². The first-order chi connectivity index (χ1) is 5.38. The summed E-state index contributed by atoms with van der Waals surface area (Å²) in [5, 5.41) is 0. The van der Waals surface area contributed by atoms with Gasteiger partial charge in [-0.05, 0) is 12.8 Å². The highest BCUT2D eigenvalue weighted by molar-refractivity contribution is 5.79. The van der Waals surface area contributed by atoms with Crippen LogP contribution in [0.4, 0.5) is 0 Å². The van der Waals surface area contributed by atoms with Crippen molar-refractivity contribution in [1.82, 2.24) is 4.90 Å². The molecule has 1 amide bonds. The van der Waals surface area contributed by atoms with Crippen LogP contribution in [-0.4, -0.2) is 37.1 Å². The lowest BCUT2D eigenvalue weighted by atomic mass is 10.1. The maximum absolute atomic E-state index is 11.5. The number of ether oxygens (including phenoxy) is 1. The normalized spacial score (nSPS) is 30.2. The first-order valence-corrected chi connectivity index (χ1v) is 4.24. The van der Waals surface area contributed by atoms with E-state index in [0.29, 0.717) is 12.5 Å². The minimum absolute atomic E-state index is 0.176. The fourth-order valence-corrected chi connectivity index (χ4v) is 1.52. The highest BCUT2D eigenvalue weighted by Gasteiger charge is 2.30. The lowest BCUT2D eigenvalue weighted by Crippen LogP contribution is -2.45. The number of hydrogen-bond donors (Lipinski definition) is 0. The molecule has 62 valence electrons. The van der Waals surface area contributed by atoms with Gasteiger partial charge in [-0.3, -0.25) is 4.79 Å². The third-order valence-corrected chi connectivity index (χ3v) is 2.45. The Bertz CT molecular complexity index is 159. The first-order valence-electron chi connectivity index (χ1n) is 4.24. The molecule has 3 nitrogen and oxygen atoms in total. The second-order valence-corrected chi connectivity index (χ2v) is 3.24. The van der Waals surface area contributed by atoms with Crippen LogP contribution in [0.5, 0.6) is 0 Å². The van der Waals surface area contributed by atoms with Gasteiger partial charge in [-0.25, -0.2) is 0 Å². The van der Waals surface area contributed by atoms with E-state index in [1.54, 1.807) is 0 Å². The number of rotatable bonds is 1. The van der Waals surface area contributed by atoms with E-state index in [0.717, 1.165) is 26.1 Å². The molecular formula is C8H13NO2. The molecule has 0 aromatic heterocycles. The van der Waals surface area contributed by atoms with Crippen LogP contribution in [0.1, 0.15) is 12.8 Å². The standard InChI is InChI=1S/C8H13NO2/c10-8(9-3-1-4-9)7-2-5-11-6-7/h7H,1-6H2. The second-order valence-electron chi connectivity index (χ2n) is 3.24. The van der Waals surface area contributed by atoms with Gasteiger partial charge in [-0.1, -0.05) is 0 Å². The average molecular weight is 155 g/mol. The van der Waals surface area contributed by atoms with Crippen molar-refractivity contribution in [3.8, 4) is 0 Å². The molecule has 2 aliphatic heterocycles. The summed E-state index contributed by atoms with van der Waals surface area (Å²) in [6.45, 7) is 3.35. The summed E-state index contributed by atoms with van der Waals surface area (Å²) in [4.78, 5) is 13.4. The Morgan fingerprint density at radius 2 is 2.27 bits per heavy atom. The summed E-state index contributed by atoms with van der Waals surface area (Å²) in [5.41, 5.74) is 0. The molecule has 0 aliphatic carbocycles. The topological polar surface area (TPSA) is 29.5 Å². The summed E-state index contributed by atoms with van der Waals surface area (Å²) in [6, 6.07) is 0. The van der Waals surface area contributed by atoms with Crippen molar-refractivity contribution in [1.29, 1.82) is 0 Å². The predicted octanol–water partition coefficient (Wildman–Crippen LogP) is 0.255. The summed E-state index contributed by atoms with van der Waals surface area (Å²) in [5.74, 6) is 0.490. The molecule has 0 saturated carbocycles. The Labute approximate surface area is 66.3 Å². The van der Waals surface area contributed by atoms with Crippen molar-refractivity contribution in [2.24, 2.45) is 5.92 Å². The van der Waals surface area contributed by atoms with Crippen LogP contribution in [0.2, 0.25) is 0 Å². The van der Waals surface area contributed by atoms with Gasteiger partial charge in [0, 0.05) is 19.7 Å². The highest BCUT2D eigenvalue weighted by atomic mass is 16.5. The lowest BCUT2D eigenvalue weighted by molar-refractivity contribution is -0.138. The average Bonchev–Trinajstić information content (AvgIpc) is 2.32. The second kappa shape index (κ2) is 2.81. The molecule has 0 radical (unpaired) electrons. The number of amides is 1. The number of carbonyl (C=O) groups excluding carboxylic acids is 1. The van der Waals surface area contributed by atoms with Crippen LogP contribution >= 0.6 is 0 Å². The van der Waals surface area contributed by atoms with Crippen molar-refractivity contribution in [2.45, 2.75) is 12.8 Å². The zero-order valence-electron chi connectivity index (χ0n) is 6.58. The molecular weight excluding hydrogens is 142 g/mol. The minimum Gasteiger partial charge on any atom is -0.381 e. The minimum atomic E-state index is 0.176. The highest BCUT2D eigenvalue weighted by Crippen LogP contribution is 2.18. The van der Waals surface area contributed by atoms with E-state index in [9.17, 15) is 4.79 Å². The molecule has 3 heteroatoms. The molecule has 0 spiro atoms. The number of hydrogen-bond acceptors (Lipinski definition) is 2. The molecule has 2 fully saturated rings. The number of nitrogens with zero attached hydrogens (tertiary/aromatic N) is 1. The fraction of sp³-hybridized carbons (Fsp3) is 0.875. The van der Waals surface area contributed by atoms with Gasteiger partial charge in [-0.2, -0.15) is 0 Å². The molecule has 2 aliphatic rings. The van der Waals surface area contributed by atoms with Crippen LogP contribution in [0.25, 0.3) is 0 Å². The Kier molecular flexibility index (Phi) is 1.82. The first kappa shape index (κ1) is 7.10. The van der Waals surface area contributed by atoms with Crippen molar-refractivity contribution in [3.63, 3.8) is 0 Å². The van der Waals surface area contributed by atoms with Crippen molar-refractivity contribution >= 4 is 5.91 Å². The third-order valence-electron chi connectivity index (χ3n) is 2.45. The molecule has 2 saturated heterocycles. The molecule has 0 bridgehead atoms. The molecule has 2 rings (SSSR count). The maximum atomic E-state index is 11.5. The summed E-state index contributed by atoms with van der Waals surface area (Å²) >= 11 is 0. The molecule has 2 heterocycles. The van der Waals surface area contributed by atoms with Gasteiger partial charge in [0.2, 0.25) is 5.91 Å². The van der Waals surface area contributed by atoms with Crippen molar-refractivity contribution < 1.29 is 9.53 Å². The summed E-state index contributed by atoms with van der Waals surface area (Å²) in [6.07, 6.45) is 2.11. The van der Waals surface area contributed by atoms with Gasteiger partial charge in [0.05, 0.1) is 12.5 Å². The monoisotopic (exact) mass is 155 g/mol. The van der Waals surface area contributed by atoms with Gasteiger partial charge in [0.1, 0.15) is 0 Å². The Balaban J connectivity index is 1.87. The van der Waals surface area contributed by atoms with Crippen LogP contribution in [0, 0.1) is 5.92 Å². The summed E-state index contributed by atoms with van der Waals surface area (Å²) in [7, 11) is 0. The quantitative estimate of drug-likeness (QED) is 0.543. The van der Waals surface area contributed by atoms with E-state index in [-0.39, 0.29) is 5.92 Å². The van der Waals surface area contributed by atoms with E-state index < -0.39 is 0 Å². The number of likely N-dealkylation sites (tertiary alicyclic amines) is 1. The van der Waals surface area contributed by atoms with E-state index >= 15 is 0 Å². The molecule has 0 aromatic carbocycles. The molecule has 11 heavy (non-hydrogen) atoms. The van der Waals surface area contributed by atoms with Gasteiger partial charge < -0.3 is 9.64 Å². The lowest BCUT2D eigenvalue weighted by Gasteiger charge is -2.32. The maximum Gasteiger partial charge on any atom is 0.228 e. The number of carbonyl (C=O) groups is 1. The Hall–Kier alpha value is -0.570. The molecule has 1 unspecified atom stereocenters. The molecule has 0 N–H and O–H groups in total. The SMILES string of the molecule is O=C(C1CCOC1)N1CCC1.